The Hall–Kier alpha value is -0.870. The minimum absolute atomic E-state index is 0.789. The number of hydrogen-bond acceptors (Lipinski definition) is 3. The summed E-state index contributed by atoms with van der Waals surface area (Å²) in [6.07, 6.45) is 2.66. The third-order valence-electron chi connectivity index (χ3n) is 4.78. The number of likely N-dealkylation sites (tertiary alicyclic amines) is 1. The van der Waals surface area contributed by atoms with E-state index in [0.717, 1.165) is 18.5 Å². The number of piperidine rings is 1. The highest BCUT2D eigenvalue weighted by atomic mass is 15.3. The van der Waals surface area contributed by atoms with Crippen LogP contribution in [0.15, 0.2) is 0 Å². The molecule has 18 heavy (non-hydrogen) atoms. The van der Waals surface area contributed by atoms with Gasteiger partial charge in [-0.1, -0.05) is 0 Å². The van der Waals surface area contributed by atoms with E-state index < -0.39 is 0 Å². The van der Waals surface area contributed by atoms with Gasteiger partial charge >= 0.3 is 0 Å². The van der Waals surface area contributed by atoms with Crippen LogP contribution >= 0.6 is 0 Å². The minimum atomic E-state index is 0.789. The maximum Gasteiger partial charge on any atom is 0.0641 e. The first-order valence-electron chi connectivity index (χ1n) is 7.10. The van der Waals surface area contributed by atoms with Crippen LogP contribution in [0.4, 0.5) is 0 Å². The molecular formula is C14H24N4. The van der Waals surface area contributed by atoms with Gasteiger partial charge in [-0.2, -0.15) is 5.10 Å². The van der Waals surface area contributed by atoms with Gasteiger partial charge in [0.1, 0.15) is 0 Å². The molecule has 2 aliphatic heterocycles. The molecule has 100 valence electrons. The molecule has 0 aromatic carbocycles. The predicted octanol–water partition coefficient (Wildman–Crippen LogP) is 1.22. The lowest BCUT2D eigenvalue weighted by atomic mass is 9.93. The molecule has 2 aliphatic rings. The SMILES string of the molecule is Cc1nn(C)c(C)c1CN1CCC2NCCC2C1. The zero-order valence-corrected chi connectivity index (χ0v) is 11.7. The zero-order valence-electron chi connectivity index (χ0n) is 11.7. The number of aryl methyl sites for hydroxylation is 2. The molecule has 4 heteroatoms. The van der Waals surface area contributed by atoms with Crippen molar-refractivity contribution in [3.8, 4) is 0 Å². The van der Waals surface area contributed by atoms with Gasteiger partial charge in [-0.3, -0.25) is 9.58 Å². The first kappa shape index (κ1) is 12.2. The molecule has 2 atom stereocenters. The second kappa shape index (κ2) is 4.67. The van der Waals surface area contributed by atoms with Gasteiger partial charge in [0, 0.05) is 37.4 Å². The standard InChI is InChI=1S/C14H24N4/c1-10-13(11(2)17(3)16-10)9-18-7-5-14-12(8-18)4-6-15-14/h12,14-15H,4-9H2,1-3H3. The van der Waals surface area contributed by atoms with Gasteiger partial charge in [-0.15, -0.1) is 0 Å². The van der Waals surface area contributed by atoms with Gasteiger partial charge in [0.25, 0.3) is 0 Å². The molecule has 1 N–H and O–H groups in total. The molecule has 3 rings (SSSR count). The van der Waals surface area contributed by atoms with E-state index in [1.165, 1.54) is 49.4 Å². The van der Waals surface area contributed by atoms with Crippen LogP contribution in [0.2, 0.25) is 0 Å². The number of nitrogens with one attached hydrogen (secondary N) is 1. The molecule has 1 aromatic rings. The van der Waals surface area contributed by atoms with Crippen LogP contribution in [0.3, 0.4) is 0 Å². The summed E-state index contributed by atoms with van der Waals surface area (Å²) in [5.74, 6) is 0.871. The molecule has 2 unspecified atom stereocenters. The molecule has 0 radical (unpaired) electrons. The lowest BCUT2D eigenvalue weighted by Gasteiger charge is -2.34. The van der Waals surface area contributed by atoms with Gasteiger partial charge in [0.05, 0.1) is 5.69 Å². The van der Waals surface area contributed by atoms with Crippen molar-refractivity contribution in [2.75, 3.05) is 19.6 Å². The topological polar surface area (TPSA) is 33.1 Å². The van der Waals surface area contributed by atoms with Crippen molar-refractivity contribution in [3.63, 3.8) is 0 Å². The van der Waals surface area contributed by atoms with Gasteiger partial charge in [0.15, 0.2) is 0 Å². The van der Waals surface area contributed by atoms with Crippen LogP contribution in [-0.4, -0.2) is 40.4 Å². The Morgan fingerprint density at radius 3 is 2.89 bits per heavy atom. The van der Waals surface area contributed by atoms with Gasteiger partial charge in [-0.25, -0.2) is 0 Å². The second-order valence-corrected chi connectivity index (χ2v) is 5.91. The van der Waals surface area contributed by atoms with Crippen molar-refractivity contribution < 1.29 is 0 Å². The molecule has 0 amide bonds. The Balaban J connectivity index is 1.69. The summed E-state index contributed by atoms with van der Waals surface area (Å²) < 4.78 is 2.01. The average Bonchev–Trinajstić information content (AvgIpc) is 2.89. The van der Waals surface area contributed by atoms with E-state index in [1.807, 2.05) is 11.7 Å². The van der Waals surface area contributed by atoms with Crippen molar-refractivity contribution in [1.29, 1.82) is 0 Å². The quantitative estimate of drug-likeness (QED) is 0.854. The molecule has 0 aliphatic carbocycles. The van der Waals surface area contributed by atoms with E-state index in [-0.39, 0.29) is 0 Å². The highest BCUT2D eigenvalue weighted by Gasteiger charge is 2.32. The molecular weight excluding hydrogens is 224 g/mol. The number of hydrogen-bond donors (Lipinski definition) is 1. The molecule has 3 heterocycles. The van der Waals surface area contributed by atoms with Crippen molar-refractivity contribution in [3.05, 3.63) is 17.0 Å². The van der Waals surface area contributed by atoms with Crippen LogP contribution in [0.5, 0.6) is 0 Å². The van der Waals surface area contributed by atoms with Crippen LogP contribution in [0.1, 0.15) is 29.8 Å². The number of rotatable bonds is 2. The van der Waals surface area contributed by atoms with Crippen LogP contribution < -0.4 is 5.32 Å². The van der Waals surface area contributed by atoms with Crippen molar-refractivity contribution >= 4 is 0 Å². The Kier molecular flexibility index (Phi) is 3.16. The summed E-state index contributed by atoms with van der Waals surface area (Å²) >= 11 is 0. The maximum atomic E-state index is 4.52. The summed E-state index contributed by atoms with van der Waals surface area (Å²) in [7, 11) is 2.04. The van der Waals surface area contributed by atoms with E-state index in [2.05, 4.69) is 29.2 Å². The summed E-state index contributed by atoms with van der Waals surface area (Å²) in [6, 6.07) is 0.789. The first-order chi connectivity index (χ1) is 8.65. The zero-order chi connectivity index (χ0) is 12.7. The highest BCUT2D eigenvalue weighted by molar-refractivity contribution is 5.24. The van der Waals surface area contributed by atoms with Crippen molar-refractivity contribution in [2.45, 2.75) is 39.3 Å². The van der Waals surface area contributed by atoms with E-state index in [1.54, 1.807) is 0 Å². The smallest absolute Gasteiger partial charge is 0.0641 e. The summed E-state index contributed by atoms with van der Waals surface area (Å²) in [4.78, 5) is 2.62. The number of aromatic nitrogens is 2. The summed E-state index contributed by atoms with van der Waals surface area (Å²) in [5, 5.41) is 8.15. The number of fused-ring (bicyclic) bond motifs is 1. The monoisotopic (exact) mass is 248 g/mol. The van der Waals surface area contributed by atoms with E-state index in [0.29, 0.717) is 0 Å². The summed E-state index contributed by atoms with van der Waals surface area (Å²) in [5.41, 5.74) is 3.95. The van der Waals surface area contributed by atoms with Crippen molar-refractivity contribution in [2.24, 2.45) is 13.0 Å². The van der Waals surface area contributed by atoms with E-state index >= 15 is 0 Å². The Bertz CT molecular complexity index is 437. The van der Waals surface area contributed by atoms with Crippen LogP contribution in [-0.2, 0) is 13.6 Å². The normalized spacial score (nSPS) is 28.6. The maximum absolute atomic E-state index is 4.52. The van der Waals surface area contributed by atoms with Gasteiger partial charge < -0.3 is 5.32 Å². The minimum Gasteiger partial charge on any atom is -0.314 e. The lowest BCUT2D eigenvalue weighted by molar-refractivity contribution is 0.155. The van der Waals surface area contributed by atoms with E-state index in [9.17, 15) is 0 Å². The predicted molar refractivity (Wildman–Crippen MR) is 72.5 cm³/mol. The molecule has 0 bridgehead atoms. The highest BCUT2D eigenvalue weighted by Crippen LogP contribution is 2.26. The van der Waals surface area contributed by atoms with Crippen LogP contribution in [0.25, 0.3) is 0 Å². The van der Waals surface area contributed by atoms with Gasteiger partial charge in [-0.05, 0) is 45.7 Å². The fraction of sp³-hybridized carbons (Fsp3) is 0.786. The molecule has 0 saturated carbocycles. The molecule has 1 aromatic heterocycles. The first-order valence-corrected chi connectivity index (χ1v) is 7.10. The van der Waals surface area contributed by atoms with Gasteiger partial charge in [0.2, 0.25) is 0 Å². The average molecular weight is 248 g/mol. The third kappa shape index (κ3) is 2.08. The molecule has 4 nitrogen and oxygen atoms in total. The fourth-order valence-electron chi connectivity index (χ4n) is 3.54. The Morgan fingerprint density at radius 2 is 2.17 bits per heavy atom. The lowest BCUT2D eigenvalue weighted by Crippen LogP contribution is -2.44. The molecule has 2 fully saturated rings. The van der Waals surface area contributed by atoms with Crippen LogP contribution in [0, 0.1) is 19.8 Å². The Labute approximate surface area is 109 Å². The third-order valence-corrected chi connectivity index (χ3v) is 4.78. The Morgan fingerprint density at radius 1 is 1.33 bits per heavy atom. The largest absolute Gasteiger partial charge is 0.314 e. The number of nitrogens with zero attached hydrogens (tertiary/aromatic N) is 3. The second-order valence-electron chi connectivity index (χ2n) is 5.91. The molecule has 0 spiro atoms. The molecule has 2 saturated heterocycles. The van der Waals surface area contributed by atoms with E-state index in [4.69, 9.17) is 0 Å². The fourth-order valence-corrected chi connectivity index (χ4v) is 3.54. The van der Waals surface area contributed by atoms with Crippen molar-refractivity contribution in [1.82, 2.24) is 20.0 Å². The summed E-state index contributed by atoms with van der Waals surface area (Å²) in [6.45, 7) is 9.08.